The first-order valence-electron chi connectivity index (χ1n) is 6.41. The molecule has 0 spiro atoms. The van der Waals surface area contributed by atoms with Gasteiger partial charge in [0.25, 0.3) is 0 Å². The highest BCUT2D eigenvalue weighted by atomic mass is 16.5. The minimum atomic E-state index is -0.485. The lowest BCUT2D eigenvalue weighted by Crippen LogP contribution is -2.12. The van der Waals surface area contributed by atoms with E-state index in [9.17, 15) is 5.11 Å². The lowest BCUT2D eigenvalue weighted by molar-refractivity contribution is 0.146. The molecule has 1 rings (SSSR count). The van der Waals surface area contributed by atoms with Crippen LogP contribution in [0.3, 0.4) is 0 Å². The van der Waals surface area contributed by atoms with Gasteiger partial charge in [-0.05, 0) is 20.3 Å². The van der Waals surface area contributed by atoms with Gasteiger partial charge >= 0.3 is 0 Å². The smallest absolute Gasteiger partial charge is 0.162 e. The number of aliphatic hydroxyl groups is 1. The van der Waals surface area contributed by atoms with Crippen LogP contribution in [0.1, 0.15) is 64.3 Å². The Balaban J connectivity index is 2.81. The molecule has 0 radical (unpaired) electrons. The molecule has 4 heteroatoms. The van der Waals surface area contributed by atoms with Crippen molar-refractivity contribution >= 4 is 0 Å². The molecule has 98 valence electrons. The Morgan fingerprint density at radius 3 is 2.65 bits per heavy atom. The third kappa shape index (κ3) is 3.46. The van der Waals surface area contributed by atoms with Gasteiger partial charge in [0, 0.05) is 6.04 Å². The van der Waals surface area contributed by atoms with Gasteiger partial charge in [0.15, 0.2) is 5.75 Å². The van der Waals surface area contributed by atoms with Gasteiger partial charge in [0.05, 0.1) is 19.4 Å². The molecule has 0 saturated heterocycles. The first-order chi connectivity index (χ1) is 8.11. The highest BCUT2D eigenvalue weighted by Gasteiger charge is 2.20. The van der Waals surface area contributed by atoms with E-state index >= 15 is 0 Å². The second kappa shape index (κ2) is 6.64. The lowest BCUT2D eigenvalue weighted by atomic mass is 10.1. The summed E-state index contributed by atoms with van der Waals surface area (Å²) < 4.78 is 7.10. The van der Waals surface area contributed by atoms with Gasteiger partial charge < -0.3 is 9.84 Å². The molecule has 0 aliphatic heterocycles. The van der Waals surface area contributed by atoms with E-state index in [1.165, 1.54) is 0 Å². The van der Waals surface area contributed by atoms with Gasteiger partial charge in [-0.15, -0.1) is 0 Å². The van der Waals surface area contributed by atoms with Crippen molar-refractivity contribution < 1.29 is 9.84 Å². The maximum atomic E-state index is 10.2. The van der Waals surface area contributed by atoms with Crippen LogP contribution >= 0.6 is 0 Å². The van der Waals surface area contributed by atoms with E-state index in [-0.39, 0.29) is 6.04 Å². The number of unbranched alkanes of at least 4 members (excludes halogenated alkanes) is 2. The maximum Gasteiger partial charge on any atom is 0.162 e. The van der Waals surface area contributed by atoms with Crippen LogP contribution < -0.4 is 4.74 Å². The fraction of sp³-hybridized carbons (Fsp3) is 0.769. The van der Waals surface area contributed by atoms with Crippen molar-refractivity contribution in [3.63, 3.8) is 0 Å². The Kier molecular flexibility index (Phi) is 5.48. The predicted octanol–water partition coefficient (Wildman–Crippen LogP) is 3.09. The zero-order chi connectivity index (χ0) is 12.8. The maximum absolute atomic E-state index is 10.2. The van der Waals surface area contributed by atoms with Gasteiger partial charge in [-0.1, -0.05) is 26.2 Å². The topological polar surface area (TPSA) is 47.3 Å². The second-order valence-electron chi connectivity index (χ2n) is 4.65. The van der Waals surface area contributed by atoms with E-state index in [0.29, 0.717) is 5.75 Å². The van der Waals surface area contributed by atoms with Crippen molar-refractivity contribution in [3.8, 4) is 5.75 Å². The van der Waals surface area contributed by atoms with Crippen LogP contribution in [0.25, 0.3) is 0 Å². The molecule has 0 saturated carbocycles. The fourth-order valence-corrected chi connectivity index (χ4v) is 1.97. The first kappa shape index (κ1) is 14.0. The van der Waals surface area contributed by atoms with Crippen molar-refractivity contribution in [2.45, 2.75) is 58.6 Å². The molecule has 0 fully saturated rings. The fourth-order valence-electron chi connectivity index (χ4n) is 1.97. The van der Waals surface area contributed by atoms with Crippen LogP contribution in [-0.2, 0) is 0 Å². The van der Waals surface area contributed by atoms with Crippen molar-refractivity contribution in [3.05, 3.63) is 11.9 Å². The molecule has 0 aliphatic carbocycles. The van der Waals surface area contributed by atoms with E-state index in [2.05, 4.69) is 25.9 Å². The molecular formula is C13H24N2O2. The van der Waals surface area contributed by atoms with E-state index in [1.807, 2.05) is 4.68 Å². The van der Waals surface area contributed by atoms with E-state index in [0.717, 1.165) is 31.4 Å². The number of rotatable bonds is 7. The average Bonchev–Trinajstić information content (AvgIpc) is 2.72. The van der Waals surface area contributed by atoms with Crippen LogP contribution in [0.5, 0.6) is 5.75 Å². The summed E-state index contributed by atoms with van der Waals surface area (Å²) in [5.74, 6) is 0.683. The Hall–Kier alpha value is -1.03. The molecular weight excluding hydrogens is 216 g/mol. The predicted molar refractivity (Wildman–Crippen MR) is 68.3 cm³/mol. The SMILES string of the molecule is CCCCCC(O)c1c(OC)cnn1C(C)C. The van der Waals surface area contributed by atoms with Crippen molar-refractivity contribution in [1.29, 1.82) is 0 Å². The van der Waals surface area contributed by atoms with E-state index in [1.54, 1.807) is 13.3 Å². The van der Waals surface area contributed by atoms with Gasteiger partial charge in [0.2, 0.25) is 0 Å². The number of aromatic nitrogens is 2. The number of aliphatic hydroxyl groups excluding tert-OH is 1. The van der Waals surface area contributed by atoms with Gasteiger partial charge in [-0.2, -0.15) is 5.10 Å². The number of hydrogen-bond acceptors (Lipinski definition) is 3. The van der Waals surface area contributed by atoms with Crippen LogP contribution in [0.4, 0.5) is 0 Å². The standard InChI is InChI=1S/C13H24N2O2/c1-5-6-7-8-11(16)13-12(17-4)9-14-15(13)10(2)3/h9-11,16H,5-8H2,1-4H3. The largest absolute Gasteiger partial charge is 0.493 e. The number of hydrogen-bond donors (Lipinski definition) is 1. The molecule has 0 bridgehead atoms. The molecule has 4 nitrogen and oxygen atoms in total. The molecule has 1 aromatic rings. The quantitative estimate of drug-likeness (QED) is 0.745. The number of nitrogens with zero attached hydrogens (tertiary/aromatic N) is 2. The van der Waals surface area contributed by atoms with Crippen LogP contribution in [-0.4, -0.2) is 22.0 Å². The monoisotopic (exact) mass is 240 g/mol. The third-order valence-electron chi connectivity index (χ3n) is 2.90. The Labute approximate surface area is 104 Å². The molecule has 1 atom stereocenters. The van der Waals surface area contributed by atoms with Gasteiger partial charge in [-0.3, -0.25) is 4.68 Å². The average molecular weight is 240 g/mol. The van der Waals surface area contributed by atoms with Gasteiger partial charge in [0.1, 0.15) is 5.69 Å². The highest BCUT2D eigenvalue weighted by molar-refractivity contribution is 5.27. The van der Waals surface area contributed by atoms with Crippen molar-refractivity contribution in [2.75, 3.05) is 7.11 Å². The minimum absolute atomic E-state index is 0.231. The summed E-state index contributed by atoms with van der Waals surface area (Å²) in [6, 6.07) is 0.231. The Morgan fingerprint density at radius 1 is 1.41 bits per heavy atom. The summed E-state index contributed by atoms with van der Waals surface area (Å²) in [6.45, 7) is 6.26. The van der Waals surface area contributed by atoms with Crippen LogP contribution in [0.2, 0.25) is 0 Å². The third-order valence-corrected chi connectivity index (χ3v) is 2.90. The van der Waals surface area contributed by atoms with Crippen molar-refractivity contribution in [2.24, 2.45) is 0 Å². The first-order valence-corrected chi connectivity index (χ1v) is 6.41. The summed E-state index contributed by atoms with van der Waals surface area (Å²) in [5, 5.41) is 14.5. The molecule has 17 heavy (non-hydrogen) atoms. The Bertz CT molecular complexity index is 334. The van der Waals surface area contributed by atoms with E-state index in [4.69, 9.17) is 4.74 Å². The summed E-state index contributed by atoms with van der Waals surface area (Å²) >= 11 is 0. The second-order valence-corrected chi connectivity index (χ2v) is 4.65. The molecule has 1 N–H and O–H groups in total. The summed E-state index contributed by atoms with van der Waals surface area (Å²) in [5.41, 5.74) is 0.804. The normalized spacial score (nSPS) is 13.1. The molecule has 1 heterocycles. The molecule has 1 aromatic heterocycles. The molecule has 0 aliphatic rings. The summed E-state index contributed by atoms with van der Waals surface area (Å²) in [7, 11) is 1.62. The number of methoxy groups -OCH3 is 1. The zero-order valence-electron chi connectivity index (χ0n) is 11.3. The number of ether oxygens (including phenoxy) is 1. The summed E-state index contributed by atoms with van der Waals surface area (Å²) in [6.07, 6.45) is 5.30. The van der Waals surface area contributed by atoms with Crippen LogP contribution in [0.15, 0.2) is 6.20 Å². The van der Waals surface area contributed by atoms with Gasteiger partial charge in [-0.25, -0.2) is 0 Å². The summed E-state index contributed by atoms with van der Waals surface area (Å²) in [4.78, 5) is 0. The molecule has 0 amide bonds. The molecule has 1 unspecified atom stereocenters. The highest BCUT2D eigenvalue weighted by Crippen LogP contribution is 2.30. The molecule has 0 aromatic carbocycles. The van der Waals surface area contributed by atoms with Crippen molar-refractivity contribution in [1.82, 2.24) is 9.78 Å². The van der Waals surface area contributed by atoms with E-state index < -0.39 is 6.10 Å². The minimum Gasteiger partial charge on any atom is -0.493 e. The lowest BCUT2D eigenvalue weighted by Gasteiger charge is -2.17. The Morgan fingerprint density at radius 2 is 2.12 bits per heavy atom. The van der Waals surface area contributed by atoms with Crippen LogP contribution in [0, 0.1) is 0 Å². The zero-order valence-corrected chi connectivity index (χ0v) is 11.3.